The molecule has 2 aromatic carbocycles. The molecule has 29 heavy (non-hydrogen) atoms. The van der Waals surface area contributed by atoms with Crippen LogP contribution < -0.4 is 14.8 Å². The highest BCUT2D eigenvalue weighted by Gasteiger charge is 2.07. The van der Waals surface area contributed by atoms with Crippen LogP contribution >= 0.6 is 0 Å². The fourth-order valence-corrected chi connectivity index (χ4v) is 3.01. The number of amides is 1. The normalized spacial score (nSPS) is 10.6. The SMILES string of the molecule is CCCCCCCOc1cccc(NC(=O)c2ccc(OCCCCC)cc2)c1. The molecule has 0 atom stereocenters. The number of unbranched alkanes of at least 4 members (excludes halogenated alkanes) is 6. The van der Waals surface area contributed by atoms with Crippen LogP contribution in [0.1, 0.15) is 75.6 Å². The summed E-state index contributed by atoms with van der Waals surface area (Å²) < 4.78 is 11.5. The summed E-state index contributed by atoms with van der Waals surface area (Å²) in [5.74, 6) is 1.44. The number of anilines is 1. The summed E-state index contributed by atoms with van der Waals surface area (Å²) in [7, 11) is 0. The molecule has 0 fully saturated rings. The van der Waals surface area contributed by atoms with E-state index >= 15 is 0 Å². The molecule has 4 nitrogen and oxygen atoms in total. The molecular weight excluding hydrogens is 362 g/mol. The molecule has 158 valence electrons. The number of carbonyl (C=O) groups excluding carboxylic acids is 1. The van der Waals surface area contributed by atoms with E-state index in [0.717, 1.165) is 30.0 Å². The van der Waals surface area contributed by atoms with Crippen LogP contribution in [-0.4, -0.2) is 19.1 Å². The van der Waals surface area contributed by atoms with Gasteiger partial charge in [-0.1, -0.05) is 58.4 Å². The molecule has 0 saturated heterocycles. The zero-order valence-corrected chi connectivity index (χ0v) is 17.9. The van der Waals surface area contributed by atoms with Crippen molar-refractivity contribution in [1.29, 1.82) is 0 Å². The third-order valence-corrected chi connectivity index (χ3v) is 4.74. The Morgan fingerprint density at radius 3 is 2.10 bits per heavy atom. The van der Waals surface area contributed by atoms with E-state index in [2.05, 4.69) is 19.2 Å². The summed E-state index contributed by atoms with van der Waals surface area (Å²) in [6, 6.07) is 14.8. The van der Waals surface area contributed by atoms with Gasteiger partial charge in [-0.25, -0.2) is 0 Å². The van der Waals surface area contributed by atoms with Crippen LogP contribution in [0.2, 0.25) is 0 Å². The maximum absolute atomic E-state index is 12.5. The van der Waals surface area contributed by atoms with Crippen molar-refractivity contribution < 1.29 is 14.3 Å². The van der Waals surface area contributed by atoms with Crippen molar-refractivity contribution in [2.75, 3.05) is 18.5 Å². The fraction of sp³-hybridized carbons (Fsp3) is 0.480. The molecule has 0 spiro atoms. The smallest absolute Gasteiger partial charge is 0.255 e. The molecule has 0 aromatic heterocycles. The monoisotopic (exact) mass is 397 g/mol. The van der Waals surface area contributed by atoms with E-state index in [9.17, 15) is 4.79 Å². The maximum Gasteiger partial charge on any atom is 0.255 e. The van der Waals surface area contributed by atoms with Crippen molar-refractivity contribution in [2.24, 2.45) is 0 Å². The molecule has 2 rings (SSSR count). The van der Waals surface area contributed by atoms with Gasteiger partial charge in [0.15, 0.2) is 0 Å². The van der Waals surface area contributed by atoms with Crippen LogP contribution in [0.4, 0.5) is 5.69 Å². The van der Waals surface area contributed by atoms with Crippen LogP contribution in [0.5, 0.6) is 11.5 Å². The van der Waals surface area contributed by atoms with E-state index in [1.807, 2.05) is 36.4 Å². The van der Waals surface area contributed by atoms with Crippen LogP contribution in [-0.2, 0) is 0 Å². The third kappa shape index (κ3) is 9.03. The summed E-state index contributed by atoms with van der Waals surface area (Å²) in [4.78, 5) is 12.5. The van der Waals surface area contributed by atoms with Crippen molar-refractivity contribution in [2.45, 2.75) is 65.2 Å². The Hall–Kier alpha value is -2.49. The van der Waals surface area contributed by atoms with Crippen LogP contribution in [0.15, 0.2) is 48.5 Å². The van der Waals surface area contributed by atoms with Gasteiger partial charge in [0.05, 0.1) is 13.2 Å². The predicted molar refractivity (Wildman–Crippen MR) is 120 cm³/mol. The van der Waals surface area contributed by atoms with Crippen LogP contribution in [0.25, 0.3) is 0 Å². The highest BCUT2D eigenvalue weighted by atomic mass is 16.5. The maximum atomic E-state index is 12.5. The van der Waals surface area contributed by atoms with Gasteiger partial charge in [-0.3, -0.25) is 4.79 Å². The molecule has 0 heterocycles. The number of rotatable bonds is 14. The molecule has 0 bridgehead atoms. The summed E-state index contributed by atoms with van der Waals surface area (Å²) in [5.41, 5.74) is 1.34. The summed E-state index contributed by atoms with van der Waals surface area (Å²) in [6.45, 7) is 5.81. The van der Waals surface area contributed by atoms with Gasteiger partial charge in [-0.15, -0.1) is 0 Å². The molecule has 0 unspecified atom stereocenters. The number of hydrogen-bond acceptors (Lipinski definition) is 3. The Morgan fingerprint density at radius 2 is 1.38 bits per heavy atom. The first-order valence-corrected chi connectivity index (χ1v) is 11.0. The molecule has 1 N–H and O–H groups in total. The minimum absolute atomic E-state index is 0.140. The van der Waals surface area contributed by atoms with Crippen molar-refractivity contribution >= 4 is 11.6 Å². The van der Waals surface area contributed by atoms with Crippen molar-refractivity contribution in [3.8, 4) is 11.5 Å². The first-order chi connectivity index (χ1) is 14.2. The van der Waals surface area contributed by atoms with Gasteiger partial charge in [0.2, 0.25) is 0 Å². The second-order valence-electron chi connectivity index (χ2n) is 7.32. The molecule has 0 aliphatic heterocycles. The molecule has 0 saturated carbocycles. The van der Waals surface area contributed by atoms with E-state index in [-0.39, 0.29) is 5.91 Å². The van der Waals surface area contributed by atoms with E-state index < -0.39 is 0 Å². The van der Waals surface area contributed by atoms with E-state index in [1.165, 1.54) is 38.5 Å². The van der Waals surface area contributed by atoms with E-state index in [4.69, 9.17) is 9.47 Å². The van der Waals surface area contributed by atoms with Gasteiger partial charge >= 0.3 is 0 Å². The second kappa shape index (κ2) is 13.6. The lowest BCUT2D eigenvalue weighted by Crippen LogP contribution is -2.12. The van der Waals surface area contributed by atoms with E-state index in [1.54, 1.807) is 12.1 Å². The topological polar surface area (TPSA) is 47.6 Å². The zero-order chi connectivity index (χ0) is 20.7. The Kier molecular flexibility index (Phi) is 10.7. The van der Waals surface area contributed by atoms with Gasteiger partial charge < -0.3 is 14.8 Å². The standard InChI is InChI=1S/C25H35NO3/c1-3-5-7-8-10-19-29-24-13-11-12-22(20-24)26-25(27)21-14-16-23(17-15-21)28-18-9-6-4-2/h11-17,20H,3-10,18-19H2,1-2H3,(H,26,27). The number of benzene rings is 2. The lowest BCUT2D eigenvalue weighted by Gasteiger charge is -2.10. The minimum Gasteiger partial charge on any atom is -0.494 e. The molecule has 0 radical (unpaired) electrons. The first-order valence-electron chi connectivity index (χ1n) is 11.0. The lowest BCUT2D eigenvalue weighted by atomic mass is 10.2. The quantitative estimate of drug-likeness (QED) is 0.354. The highest BCUT2D eigenvalue weighted by Crippen LogP contribution is 2.19. The molecular formula is C25H35NO3. The molecule has 0 aliphatic rings. The number of hydrogen-bond donors (Lipinski definition) is 1. The summed E-state index contributed by atoms with van der Waals surface area (Å²) in [6.07, 6.45) is 9.45. The molecule has 1 amide bonds. The van der Waals surface area contributed by atoms with Gasteiger partial charge in [-0.05, 0) is 49.2 Å². The Labute approximate surface area is 175 Å². The van der Waals surface area contributed by atoms with Crippen molar-refractivity contribution in [1.82, 2.24) is 0 Å². The zero-order valence-electron chi connectivity index (χ0n) is 17.9. The minimum atomic E-state index is -0.140. The lowest BCUT2D eigenvalue weighted by molar-refractivity contribution is 0.102. The average molecular weight is 398 g/mol. The van der Waals surface area contributed by atoms with Gasteiger partial charge in [0, 0.05) is 17.3 Å². The Bertz CT molecular complexity index is 712. The number of nitrogens with one attached hydrogen (secondary N) is 1. The largest absolute Gasteiger partial charge is 0.494 e. The van der Waals surface area contributed by atoms with Gasteiger partial charge in [-0.2, -0.15) is 0 Å². The van der Waals surface area contributed by atoms with Gasteiger partial charge in [0.1, 0.15) is 11.5 Å². The summed E-state index contributed by atoms with van der Waals surface area (Å²) >= 11 is 0. The van der Waals surface area contributed by atoms with Crippen molar-refractivity contribution in [3.63, 3.8) is 0 Å². The number of ether oxygens (including phenoxy) is 2. The molecule has 0 aliphatic carbocycles. The predicted octanol–water partition coefficient (Wildman–Crippen LogP) is 6.86. The molecule has 2 aromatic rings. The average Bonchev–Trinajstić information content (AvgIpc) is 2.74. The second-order valence-corrected chi connectivity index (χ2v) is 7.32. The molecule has 4 heteroatoms. The first kappa shape index (κ1) is 22.8. The van der Waals surface area contributed by atoms with E-state index in [0.29, 0.717) is 18.8 Å². The van der Waals surface area contributed by atoms with Crippen LogP contribution in [0, 0.1) is 0 Å². The fourth-order valence-electron chi connectivity index (χ4n) is 3.01. The van der Waals surface area contributed by atoms with Gasteiger partial charge in [0.25, 0.3) is 5.91 Å². The highest BCUT2D eigenvalue weighted by molar-refractivity contribution is 6.04. The summed E-state index contributed by atoms with van der Waals surface area (Å²) in [5, 5.41) is 2.94. The number of carbonyl (C=O) groups is 1. The van der Waals surface area contributed by atoms with Crippen molar-refractivity contribution in [3.05, 3.63) is 54.1 Å². The Morgan fingerprint density at radius 1 is 0.759 bits per heavy atom. The third-order valence-electron chi connectivity index (χ3n) is 4.74. The van der Waals surface area contributed by atoms with Crippen LogP contribution in [0.3, 0.4) is 0 Å². The Balaban J connectivity index is 1.79.